The number of thiazole rings is 1. The van der Waals surface area contributed by atoms with Gasteiger partial charge in [0.15, 0.2) is 0 Å². The predicted octanol–water partition coefficient (Wildman–Crippen LogP) is 0.00430. The van der Waals surface area contributed by atoms with Gasteiger partial charge in [0.05, 0.1) is 6.54 Å². The molecule has 1 aromatic rings. The second-order valence-corrected chi connectivity index (χ2v) is 4.03. The number of carbonyl (C=O) groups is 1. The summed E-state index contributed by atoms with van der Waals surface area (Å²) in [4.78, 5) is 26.4. The van der Waals surface area contributed by atoms with E-state index >= 15 is 0 Å². The van der Waals surface area contributed by atoms with Gasteiger partial charge in [-0.05, 0) is 6.92 Å². The van der Waals surface area contributed by atoms with Crippen molar-refractivity contribution in [3.63, 3.8) is 0 Å². The molecule has 0 saturated heterocycles. The molecule has 1 rings (SSSR count). The molecular formula is C9H15N3O2S. The van der Waals surface area contributed by atoms with Gasteiger partial charge in [-0.3, -0.25) is 9.59 Å². The lowest BCUT2D eigenvalue weighted by molar-refractivity contribution is -0.128. The first-order valence-electron chi connectivity index (χ1n) is 4.75. The second-order valence-electron chi connectivity index (χ2n) is 3.18. The van der Waals surface area contributed by atoms with Gasteiger partial charge in [0.2, 0.25) is 5.91 Å². The highest BCUT2D eigenvalue weighted by atomic mass is 32.1. The van der Waals surface area contributed by atoms with Crippen LogP contribution < -0.4 is 10.2 Å². The van der Waals surface area contributed by atoms with E-state index in [2.05, 4.69) is 10.3 Å². The first-order chi connectivity index (χ1) is 7.13. The molecule has 0 atom stereocenters. The summed E-state index contributed by atoms with van der Waals surface area (Å²) in [7, 11) is 1.76. The zero-order chi connectivity index (χ0) is 11.3. The fourth-order valence-electron chi connectivity index (χ4n) is 1.02. The van der Waals surface area contributed by atoms with Crippen LogP contribution in [0.3, 0.4) is 0 Å². The molecule has 0 aliphatic rings. The summed E-state index contributed by atoms with van der Waals surface area (Å²) in [5, 5.41) is 4.73. The van der Waals surface area contributed by atoms with Crippen molar-refractivity contribution >= 4 is 17.2 Å². The molecule has 0 radical (unpaired) electrons. The average molecular weight is 229 g/mol. The Hall–Kier alpha value is -1.14. The highest BCUT2D eigenvalue weighted by Gasteiger charge is 2.05. The van der Waals surface area contributed by atoms with E-state index < -0.39 is 0 Å². The van der Waals surface area contributed by atoms with Crippen molar-refractivity contribution in [3.8, 4) is 0 Å². The van der Waals surface area contributed by atoms with E-state index in [0.29, 0.717) is 19.6 Å². The smallest absolute Gasteiger partial charge is 0.304 e. The van der Waals surface area contributed by atoms with Gasteiger partial charge in [-0.1, -0.05) is 11.3 Å². The van der Waals surface area contributed by atoms with Gasteiger partial charge in [0.25, 0.3) is 0 Å². The van der Waals surface area contributed by atoms with Gasteiger partial charge in [-0.25, -0.2) is 0 Å². The van der Waals surface area contributed by atoms with Crippen molar-refractivity contribution in [1.29, 1.82) is 0 Å². The molecule has 0 spiro atoms. The predicted molar refractivity (Wildman–Crippen MR) is 60.0 cm³/mol. The Bertz CT molecular complexity index is 371. The number of H-pyrrole nitrogens is 1. The molecule has 15 heavy (non-hydrogen) atoms. The van der Waals surface area contributed by atoms with E-state index in [1.165, 1.54) is 0 Å². The van der Waals surface area contributed by atoms with E-state index in [1.54, 1.807) is 17.3 Å². The number of likely N-dealkylation sites (N-methyl/N-ethyl adjacent to an activating group) is 1. The van der Waals surface area contributed by atoms with Crippen molar-refractivity contribution in [3.05, 3.63) is 20.7 Å². The molecule has 6 heteroatoms. The lowest BCUT2D eigenvalue weighted by Gasteiger charge is -2.14. The fourth-order valence-corrected chi connectivity index (χ4v) is 1.60. The van der Waals surface area contributed by atoms with Crippen LogP contribution in [0, 0.1) is 0 Å². The minimum absolute atomic E-state index is 0.0510. The number of hydrogen-bond acceptors (Lipinski definition) is 4. The highest BCUT2D eigenvalue weighted by molar-refractivity contribution is 7.07. The van der Waals surface area contributed by atoms with E-state index in [0.717, 1.165) is 17.0 Å². The summed E-state index contributed by atoms with van der Waals surface area (Å²) < 4.78 is 0. The lowest BCUT2D eigenvalue weighted by atomic mass is 10.4. The monoisotopic (exact) mass is 229 g/mol. The molecular weight excluding hydrogens is 214 g/mol. The standard InChI is InChI=1S/C9H15N3O2S/c1-3-12(2)8(13)5-10-4-7-6-15-9(14)11-7/h6,10H,3-5H2,1-2H3,(H,11,14). The van der Waals surface area contributed by atoms with Crippen LogP contribution in [0.1, 0.15) is 12.6 Å². The number of nitrogens with zero attached hydrogens (tertiary/aromatic N) is 1. The van der Waals surface area contributed by atoms with Gasteiger partial charge in [-0.15, -0.1) is 0 Å². The fraction of sp³-hybridized carbons (Fsp3) is 0.556. The zero-order valence-corrected chi connectivity index (χ0v) is 9.69. The molecule has 0 aromatic carbocycles. The molecule has 0 aliphatic carbocycles. The number of carbonyl (C=O) groups excluding carboxylic acids is 1. The van der Waals surface area contributed by atoms with Gasteiger partial charge in [-0.2, -0.15) is 0 Å². The van der Waals surface area contributed by atoms with E-state index in [-0.39, 0.29) is 10.8 Å². The van der Waals surface area contributed by atoms with Crippen LogP contribution in [0.5, 0.6) is 0 Å². The Morgan fingerprint density at radius 2 is 2.40 bits per heavy atom. The number of nitrogens with one attached hydrogen (secondary N) is 2. The maximum absolute atomic E-state index is 11.4. The van der Waals surface area contributed by atoms with Crippen LogP contribution in [0.4, 0.5) is 0 Å². The SMILES string of the molecule is CCN(C)C(=O)CNCc1csc(=O)[nH]1. The van der Waals surface area contributed by atoms with E-state index in [1.807, 2.05) is 6.92 Å². The summed E-state index contributed by atoms with van der Waals surface area (Å²) >= 11 is 1.13. The third-order valence-electron chi connectivity index (χ3n) is 2.06. The molecule has 0 fully saturated rings. The average Bonchev–Trinajstić information content (AvgIpc) is 2.63. The number of aromatic nitrogens is 1. The number of amides is 1. The summed E-state index contributed by atoms with van der Waals surface area (Å²) in [5.74, 6) is 0.0510. The Morgan fingerprint density at radius 1 is 1.67 bits per heavy atom. The molecule has 2 N–H and O–H groups in total. The Morgan fingerprint density at radius 3 is 2.93 bits per heavy atom. The zero-order valence-electron chi connectivity index (χ0n) is 8.87. The lowest BCUT2D eigenvalue weighted by Crippen LogP contribution is -2.35. The number of aromatic amines is 1. The van der Waals surface area contributed by atoms with Crippen molar-refractivity contribution in [2.24, 2.45) is 0 Å². The molecule has 1 heterocycles. The summed E-state index contributed by atoms with van der Waals surface area (Å²) in [6.07, 6.45) is 0. The van der Waals surface area contributed by atoms with Crippen LogP contribution in [0.2, 0.25) is 0 Å². The number of hydrogen-bond donors (Lipinski definition) is 2. The third kappa shape index (κ3) is 3.85. The first-order valence-corrected chi connectivity index (χ1v) is 5.62. The van der Waals surface area contributed by atoms with Gasteiger partial charge in [0, 0.05) is 31.2 Å². The van der Waals surface area contributed by atoms with Crippen molar-refractivity contribution in [2.75, 3.05) is 20.1 Å². The quantitative estimate of drug-likeness (QED) is 0.747. The van der Waals surface area contributed by atoms with Crippen molar-refractivity contribution in [2.45, 2.75) is 13.5 Å². The first kappa shape index (κ1) is 11.9. The van der Waals surface area contributed by atoms with Crippen LogP contribution in [-0.4, -0.2) is 35.9 Å². The minimum Gasteiger partial charge on any atom is -0.345 e. The molecule has 0 saturated carbocycles. The molecule has 5 nitrogen and oxygen atoms in total. The van der Waals surface area contributed by atoms with Crippen molar-refractivity contribution < 1.29 is 4.79 Å². The second kappa shape index (κ2) is 5.67. The highest BCUT2D eigenvalue weighted by Crippen LogP contribution is 1.94. The maximum Gasteiger partial charge on any atom is 0.304 e. The molecule has 1 aromatic heterocycles. The summed E-state index contributed by atoms with van der Waals surface area (Å²) in [6, 6.07) is 0. The Labute approximate surface area is 92.1 Å². The minimum atomic E-state index is -0.0659. The van der Waals surface area contributed by atoms with Gasteiger partial charge < -0.3 is 15.2 Å². The summed E-state index contributed by atoms with van der Waals surface area (Å²) in [5.41, 5.74) is 0.817. The van der Waals surface area contributed by atoms with Crippen LogP contribution in [0.25, 0.3) is 0 Å². The largest absolute Gasteiger partial charge is 0.345 e. The van der Waals surface area contributed by atoms with Crippen LogP contribution in [-0.2, 0) is 11.3 Å². The van der Waals surface area contributed by atoms with Crippen molar-refractivity contribution in [1.82, 2.24) is 15.2 Å². The van der Waals surface area contributed by atoms with Gasteiger partial charge in [0.1, 0.15) is 0 Å². The molecule has 84 valence electrons. The van der Waals surface area contributed by atoms with E-state index in [4.69, 9.17) is 0 Å². The normalized spacial score (nSPS) is 10.3. The summed E-state index contributed by atoms with van der Waals surface area (Å²) in [6.45, 7) is 3.44. The van der Waals surface area contributed by atoms with Crippen LogP contribution >= 0.6 is 11.3 Å². The molecule has 0 aliphatic heterocycles. The van der Waals surface area contributed by atoms with E-state index in [9.17, 15) is 9.59 Å². The Balaban J connectivity index is 2.27. The van der Waals surface area contributed by atoms with Crippen LogP contribution in [0.15, 0.2) is 10.2 Å². The maximum atomic E-state index is 11.4. The van der Waals surface area contributed by atoms with Gasteiger partial charge >= 0.3 is 4.87 Å². The molecule has 1 amide bonds. The topological polar surface area (TPSA) is 65.2 Å². The third-order valence-corrected chi connectivity index (χ3v) is 2.78. The Kier molecular flexibility index (Phi) is 4.51. The molecule has 0 unspecified atom stereocenters. The number of rotatable bonds is 5. The molecule has 0 bridgehead atoms.